The van der Waals surface area contributed by atoms with Crippen LogP contribution in [0, 0.1) is 0 Å². The van der Waals surface area contributed by atoms with Crippen LogP contribution in [-0.2, 0) is 9.09 Å². The number of halogens is 2. The first kappa shape index (κ1) is 19.3. The molecule has 0 fully saturated rings. The van der Waals surface area contributed by atoms with Crippen molar-refractivity contribution in [3.05, 3.63) is 58.1 Å². The predicted molar refractivity (Wildman–Crippen MR) is 101 cm³/mol. The van der Waals surface area contributed by atoms with E-state index in [1.54, 1.807) is 37.3 Å². The molecule has 0 aliphatic heterocycles. The van der Waals surface area contributed by atoms with Crippen molar-refractivity contribution in [3.63, 3.8) is 0 Å². The third-order valence-corrected chi connectivity index (χ3v) is 6.85. The molecule has 4 nitrogen and oxygen atoms in total. The molecule has 1 N–H and O–H groups in total. The van der Waals surface area contributed by atoms with Crippen molar-refractivity contribution in [1.29, 1.82) is 0 Å². The molecule has 2 atom stereocenters. The van der Waals surface area contributed by atoms with Crippen LogP contribution < -0.4 is 10.2 Å². The average molecular weight is 388 g/mol. The first-order valence-electron chi connectivity index (χ1n) is 7.45. The Labute approximate surface area is 152 Å². The van der Waals surface area contributed by atoms with Crippen molar-refractivity contribution in [1.82, 2.24) is 0 Å². The van der Waals surface area contributed by atoms with Gasteiger partial charge in [-0.2, -0.15) is 0 Å². The summed E-state index contributed by atoms with van der Waals surface area (Å²) in [6.45, 7) is 1.91. The molecule has 0 amide bonds. The van der Waals surface area contributed by atoms with Crippen molar-refractivity contribution in [3.8, 4) is 0 Å². The van der Waals surface area contributed by atoms with Gasteiger partial charge in [-0.25, -0.2) is 0 Å². The summed E-state index contributed by atoms with van der Waals surface area (Å²) in [6, 6.07) is 11.9. The van der Waals surface area contributed by atoms with E-state index in [9.17, 15) is 9.67 Å². The fraction of sp³-hybridized carbons (Fsp3) is 0.294. The number of hydrogen-bond donors (Lipinski definition) is 1. The van der Waals surface area contributed by atoms with E-state index in [0.717, 1.165) is 5.69 Å². The molecule has 0 spiro atoms. The molecule has 24 heavy (non-hydrogen) atoms. The van der Waals surface area contributed by atoms with Crippen LogP contribution in [0.15, 0.2) is 42.5 Å². The number of aliphatic hydroxyl groups is 1. The Hall–Kier alpha value is -1.03. The maximum absolute atomic E-state index is 13.5. The Morgan fingerprint density at radius 1 is 1.12 bits per heavy atom. The maximum Gasteiger partial charge on any atom is 0.264 e. The van der Waals surface area contributed by atoms with Gasteiger partial charge in [-0.05, 0) is 43.3 Å². The maximum atomic E-state index is 13.5. The SMILES string of the molecule is CCO[P@@](=O)(c1ccc(N(C)C)cc1)[C@H](O)c1c(Cl)cccc1Cl. The van der Waals surface area contributed by atoms with Gasteiger partial charge in [0, 0.05) is 40.7 Å². The molecular formula is C17H20Cl2NO3P. The molecule has 0 unspecified atom stereocenters. The summed E-state index contributed by atoms with van der Waals surface area (Å²) in [5.74, 6) is -1.44. The number of aliphatic hydroxyl groups excluding tert-OH is 1. The summed E-state index contributed by atoms with van der Waals surface area (Å²) in [6.07, 6.45) is 0. The Balaban J connectivity index is 2.52. The lowest BCUT2D eigenvalue weighted by Crippen LogP contribution is -2.16. The largest absolute Gasteiger partial charge is 0.378 e. The average Bonchev–Trinajstić information content (AvgIpc) is 2.54. The van der Waals surface area contributed by atoms with Gasteiger partial charge in [-0.1, -0.05) is 29.3 Å². The number of anilines is 1. The van der Waals surface area contributed by atoms with E-state index in [-0.39, 0.29) is 22.2 Å². The van der Waals surface area contributed by atoms with Crippen molar-refractivity contribution < 1.29 is 14.2 Å². The van der Waals surface area contributed by atoms with Crippen LogP contribution in [0.4, 0.5) is 5.69 Å². The minimum Gasteiger partial charge on any atom is -0.378 e. The van der Waals surface area contributed by atoms with Crippen LogP contribution in [0.2, 0.25) is 10.0 Å². The fourth-order valence-corrected chi connectivity index (χ4v) is 5.26. The third-order valence-electron chi connectivity index (χ3n) is 3.63. The van der Waals surface area contributed by atoms with Gasteiger partial charge < -0.3 is 14.5 Å². The summed E-state index contributed by atoms with van der Waals surface area (Å²) >= 11 is 12.3. The second-order valence-electron chi connectivity index (χ2n) is 5.43. The highest BCUT2D eigenvalue weighted by molar-refractivity contribution is 7.67. The van der Waals surface area contributed by atoms with Gasteiger partial charge in [-0.15, -0.1) is 0 Å². The van der Waals surface area contributed by atoms with Gasteiger partial charge in [0.1, 0.15) is 0 Å². The zero-order chi connectivity index (χ0) is 17.9. The van der Waals surface area contributed by atoms with Crippen LogP contribution >= 0.6 is 30.6 Å². The Morgan fingerprint density at radius 3 is 2.12 bits per heavy atom. The van der Waals surface area contributed by atoms with Crippen LogP contribution in [0.5, 0.6) is 0 Å². The molecule has 0 aliphatic rings. The zero-order valence-electron chi connectivity index (χ0n) is 13.7. The lowest BCUT2D eigenvalue weighted by Gasteiger charge is -2.25. The minimum absolute atomic E-state index is 0.186. The fourth-order valence-electron chi connectivity index (χ4n) is 2.36. The second kappa shape index (κ2) is 7.90. The highest BCUT2D eigenvalue weighted by Gasteiger charge is 2.38. The van der Waals surface area contributed by atoms with E-state index < -0.39 is 13.2 Å². The molecule has 0 aromatic heterocycles. The van der Waals surface area contributed by atoms with Gasteiger partial charge in [0.05, 0.1) is 6.61 Å². The van der Waals surface area contributed by atoms with E-state index in [1.807, 2.05) is 31.1 Å². The lowest BCUT2D eigenvalue weighted by molar-refractivity contribution is 0.218. The topological polar surface area (TPSA) is 49.8 Å². The lowest BCUT2D eigenvalue weighted by atomic mass is 10.2. The summed E-state index contributed by atoms with van der Waals surface area (Å²) in [7, 11) is 0.204. The Kier molecular flexibility index (Phi) is 6.35. The quantitative estimate of drug-likeness (QED) is 0.730. The van der Waals surface area contributed by atoms with Gasteiger partial charge in [-0.3, -0.25) is 4.57 Å². The second-order valence-corrected chi connectivity index (χ2v) is 8.71. The van der Waals surface area contributed by atoms with Gasteiger partial charge in [0.15, 0.2) is 5.85 Å². The smallest absolute Gasteiger partial charge is 0.264 e. The van der Waals surface area contributed by atoms with E-state index in [2.05, 4.69) is 0 Å². The summed E-state index contributed by atoms with van der Waals surface area (Å²) in [5.41, 5.74) is 1.17. The number of nitrogens with zero attached hydrogens (tertiary/aromatic N) is 1. The van der Waals surface area contributed by atoms with Gasteiger partial charge in [0.25, 0.3) is 7.37 Å². The molecule has 0 aliphatic carbocycles. The minimum atomic E-state index is -3.62. The molecule has 2 rings (SSSR count). The van der Waals surface area contributed by atoms with Crippen molar-refractivity contribution in [2.45, 2.75) is 12.8 Å². The summed E-state index contributed by atoms with van der Waals surface area (Å²) in [4.78, 5) is 1.93. The van der Waals surface area contributed by atoms with E-state index >= 15 is 0 Å². The third kappa shape index (κ3) is 3.79. The van der Waals surface area contributed by atoms with E-state index in [1.165, 1.54) is 0 Å². The normalized spacial score (nSPS) is 14.9. The van der Waals surface area contributed by atoms with Crippen LogP contribution in [0.3, 0.4) is 0 Å². The van der Waals surface area contributed by atoms with Crippen LogP contribution in [0.1, 0.15) is 18.3 Å². The predicted octanol–water partition coefficient (Wildman–Crippen LogP) is 4.69. The number of benzene rings is 2. The summed E-state index contributed by atoms with van der Waals surface area (Å²) < 4.78 is 19.0. The molecular weight excluding hydrogens is 368 g/mol. The van der Waals surface area contributed by atoms with Crippen molar-refractivity contribution in [2.24, 2.45) is 0 Å². The molecule has 7 heteroatoms. The molecule has 0 saturated heterocycles. The van der Waals surface area contributed by atoms with Gasteiger partial charge >= 0.3 is 0 Å². The van der Waals surface area contributed by atoms with E-state index in [4.69, 9.17) is 27.7 Å². The number of rotatable bonds is 6. The first-order valence-corrected chi connectivity index (χ1v) is 9.90. The molecule has 0 saturated carbocycles. The molecule has 130 valence electrons. The standard InChI is InChI=1S/C17H20Cl2NO3P/c1-4-23-24(22,13-10-8-12(9-11-13)20(2)3)17(21)16-14(18)6-5-7-15(16)19/h5-11,17,21H,4H2,1-3H3/t17-,24-/m0/s1. The van der Waals surface area contributed by atoms with Crippen molar-refractivity contribution in [2.75, 3.05) is 25.6 Å². The van der Waals surface area contributed by atoms with Crippen molar-refractivity contribution >= 4 is 41.6 Å². The molecule has 2 aromatic rings. The molecule has 0 radical (unpaired) electrons. The Morgan fingerprint density at radius 2 is 1.67 bits per heavy atom. The van der Waals surface area contributed by atoms with Crippen LogP contribution in [-0.4, -0.2) is 25.8 Å². The zero-order valence-corrected chi connectivity index (χ0v) is 16.1. The van der Waals surface area contributed by atoms with E-state index in [0.29, 0.717) is 5.30 Å². The van der Waals surface area contributed by atoms with Gasteiger partial charge in [0.2, 0.25) is 0 Å². The molecule has 0 heterocycles. The number of hydrogen-bond acceptors (Lipinski definition) is 4. The Bertz CT molecular complexity index is 730. The summed E-state index contributed by atoms with van der Waals surface area (Å²) in [5, 5.41) is 11.7. The highest BCUT2D eigenvalue weighted by atomic mass is 35.5. The molecule has 0 bridgehead atoms. The van der Waals surface area contributed by atoms with Crippen LogP contribution in [0.25, 0.3) is 0 Å². The monoisotopic (exact) mass is 387 g/mol. The first-order chi connectivity index (χ1) is 11.3. The highest BCUT2D eigenvalue weighted by Crippen LogP contribution is 2.59. The molecule has 2 aromatic carbocycles.